The smallest absolute Gasteiger partial charge is 0.229 e. The average molecular weight is 418 g/mol. The summed E-state index contributed by atoms with van der Waals surface area (Å²) in [7, 11) is 2.06. The second-order valence-corrected chi connectivity index (χ2v) is 8.01. The summed E-state index contributed by atoms with van der Waals surface area (Å²) < 4.78 is 0. The molecule has 1 saturated heterocycles. The fourth-order valence-corrected chi connectivity index (χ4v) is 4.11. The molecule has 0 atom stereocenters. The monoisotopic (exact) mass is 417 g/mol. The maximum absolute atomic E-state index is 12.7. The van der Waals surface area contributed by atoms with E-state index in [0.29, 0.717) is 23.6 Å². The number of rotatable bonds is 4. The van der Waals surface area contributed by atoms with E-state index < -0.39 is 0 Å². The third kappa shape index (κ3) is 4.09. The molecule has 1 aromatic carbocycles. The Balaban J connectivity index is 1.64. The maximum atomic E-state index is 12.7. The lowest BCUT2D eigenvalue weighted by atomic mass is 9.96. The van der Waals surface area contributed by atoms with Gasteiger partial charge in [0.25, 0.3) is 0 Å². The van der Waals surface area contributed by atoms with Crippen molar-refractivity contribution in [1.82, 2.24) is 14.9 Å². The Morgan fingerprint density at radius 3 is 2.77 bits per heavy atom. The predicted molar refractivity (Wildman–Crippen MR) is 121 cm³/mol. The number of amides is 1. The van der Waals surface area contributed by atoms with Crippen LogP contribution < -0.4 is 15.5 Å². The first kappa shape index (κ1) is 20.8. The van der Waals surface area contributed by atoms with Gasteiger partial charge in [0.05, 0.1) is 17.1 Å². The number of carbonyl (C=O) groups excluding carboxylic acids is 1. The summed E-state index contributed by atoms with van der Waals surface area (Å²) >= 11 is 0. The quantitative estimate of drug-likeness (QED) is 0.737. The Labute approximate surface area is 182 Å². The average Bonchev–Trinajstić information content (AvgIpc) is 3.15. The van der Waals surface area contributed by atoms with E-state index >= 15 is 0 Å². The lowest BCUT2D eigenvalue weighted by Gasteiger charge is -2.27. The molecule has 1 fully saturated rings. The molecule has 0 spiro atoms. The van der Waals surface area contributed by atoms with Crippen molar-refractivity contribution in [2.24, 2.45) is 5.92 Å². The van der Waals surface area contributed by atoms with E-state index in [9.17, 15) is 10.1 Å². The van der Waals surface area contributed by atoms with E-state index in [4.69, 9.17) is 0 Å². The molecule has 0 bridgehead atoms. The van der Waals surface area contributed by atoms with Crippen LogP contribution in [0.4, 0.5) is 17.3 Å². The zero-order chi connectivity index (χ0) is 22.0. The molecule has 2 aliphatic rings. The first-order chi connectivity index (χ1) is 15.0. The van der Waals surface area contributed by atoms with Crippen LogP contribution in [0.15, 0.2) is 36.3 Å². The summed E-state index contributed by atoms with van der Waals surface area (Å²) in [6, 6.07) is 10.3. The van der Waals surface area contributed by atoms with Gasteiger partial charge in [-0.2, -0.15) is 5.26 Å². The number of fused-ring (bicyclic) bond motifs is 1. The van der Waals surface area contributed by atoms with Crippen LogP contribution in [0, 0.1) is 24.2 Å². The van der Waals surface area contributed by atoms with Gasteiger partial charge in [-0.15, -0.1) is 0 Å². The molecule has 160 valence electrons. The van der Waals surface area contributed by atoms with E-state index in [2.05, 4.69) is 43.5 Å². The van der Waals surface area contributed by atoms with Crippen molar-refractivity contribution in [1.29, 1.82) is 5.26 Å². The molecule has 2 N–H and O–H groups in total. The summed E-state index contributed by atoms with van der Waals surface area (Å²) in [5.74, 6) is 0.826. The largest absolute Gasteiger partial charge is 0.339 e. The molecular formula is C23H27N7O. The van der Waals surface area contributed by atoms with Crippen LogP contribution in [0.5, 0.6) is 0 Å². The van der Waals surface area contributed by atoms with Crippen LogP contribution in [0.25, 0.3) is 5.57 Å². The number of para-hydroxylation sites is 2. The number of allylic oxidation sites excluding steroid dienone is 1. The molecule has 0 aliphatic carbocycles. The summed E-state index contributed by atoms with van der Waals surface area (Å²) in [4.78, 5) is 25.9. The van der Waals surface area contributed by atoms with Crippen LogP contribution in [0.1, 0.15) is 31.0 Å². The summed E-state index contributed by atoms with van der Waals surface area (Å²) in [6.45, 7) is 6.42. The number of hydrogen-bond donors (Lipinski definition) is 2. The first-order valence-corrected chi connectivity index (χ1v) is 10.6. The van der Waals surface area contributed by atoms with Crippen molar-refractivity contribution in [3.05, 3.63) is 47.5 Å². The van der Waals surface area contributed by atoms with Gasteiger partial charge in [-0.25, -0.2) is 9.97 Å². The zero-order valence-corrected chi connectivity index (χ0v) is 18.1. The number of anilines is 3. The Morgan fingerprint density at radius 1 is 1.32 bits per heavy atom. The summed E-state index contributed by atoms with van der Waals surface area (Å²) in [5, 5.41) is 16.3. The minimum atomic E-state index is -0.0596. The van der Waals surface area contributed by atoms with Gasteiger partial charge in [-0.3, -0.25) is 10.1 Å². The minimum Gasteiger partial charge on any atom is -0.339 e. The fourth-order valence-electron chi connectivity index (χ4n) is 4.11. The molecule has 31 heavy (non-hydrogen) atoms. The van der Waals surface area contributed by atoms with Crippen LogP contribution >= 0.6 is 0 Å². The number of aryl methyl sites for hydroxylation is 1. The lowest BCUT2D eigenvalue weighted by molar-refractivity contribution is -0.121. The van der Waals surface area contributed by atoms with Crippen molar-refractivity contribution in [2.75, 3.05) is 42.2 Å². The van der Waals surface area contributed by atoms with E-state index in [-0.39, 0.29) is 17.8 Å². The van der Waals surface area contributed by atoms with Crippen molar-refractivity contribution in [2.45, 2.75) is 26.7 Å². The fraction of sp³-hybridized carbons (Fsp3) is 0.391. The molecule has 8 nitrogen and oxygen atoms in total. The van der Waals surface area contributed by atoms with Gasteiger partial charge in [0.2, 0.25) is 11.9 Å². The third-order valence-electron chi connectivity index (χ3n) is 5.92. The van der Waals surface area contributed by atoms with Gasteiger partial charge in [-0.1, -0.05) is 12.1 Å². The number of nitrogens with zero attached hydrogens (tertiary/aromatic N) is 5. The van der Waals surface area contributed by atoms with E-state index in [1.165, 1.54) is 0 Å². The zero-order valence-electron chi connectivity index (χ0n) is 18.1. The van der Waals surface area contributed by atoms with Crippen LogP contribution in [-0.4, -0.2) is 47.5 Å². The highest BCUT2D eigenvalue weighted by Gasteiger charge is 2.28. The van der Waals surface area contributed by atoms with Gasteiger partial charge in [-0.05, 0) is 64.5 Å². The normalized spacial score (nSPS) is 18.2. The predicted octanol–water partition coefficient (Wildman–Crippen LogP) is 3.21. The van der Waals surface area contributed by atoms with Gasteiger partial charge in [0, 0.05) is 18.7 Å². The van der Waals surface area contributed by atoms with Crippen molar-refractivity contribution < 1.29 is 4.79 Å². The van der Waals surface area contributed by atoms with E-state index in [1.54, 1.807) is 6.20 Å². The number of hydrogen-bond acceptors (Lipinski definition) is 7. The molecule has 0 radical (unpaired) electrons. The number of benzene rings is 1. The highest BCUT2D eigenvalue weighted by molar-refractivity contribution is 5.93. The number of aromatic nitrogens is 2. The van der Waals surface area contributed by atoms with Crippen LogP contribution in [0.3, 0.4) is 0 Å². The van der Waals surface area contributed by atoms with Gasteiger partial charge < -0.3 is 15.1 Å². The molecule has 0 unspecified atom stereocenters. The number of nitrogens with one attached hydrogen (secondary N) is 2. The maximum Gasteiger partial charge on any atom is 0.229 e. The highest BCUT2D eigenvalue weighted by atomic mass is 16.2. The number of piperidine rings is 1. The van der Waals surface area contributed by atoms with Crippen LogP contribution in [0.2, 0.25) is 0 Å². The molecule has 8 heteroatoms. The van der Waals surface area contributed by atoms with Crippen LogP contribution in [-0.2, 0) is 4.79 Å². The van der Waals surface area contributed by atoms with E-state index in [0.717, 1.165) is 42.9 Å². The SMILES string of the molecule is CCN1C(=C(C#N)c2nc(NC(=O)C3CCN(C)CC3)ncc2C)Nc2ccccc21. The standard InChI is InChI=1S/C23H27N7O/c1-4-30-19-8-6-5-7-18(19)26-21(30)17(13-24)20-15(2)14-25-23(27-20)28-22(31)16-9-11-29(3)12-10-16/h5-8,14,16,26H,4,9-12H2,1-3H3,(H,25,27,28,31). The Kier molecular flexibility index (Phi) is 5.87. The van der Waals surface area contributed by atoms with Crippen molar-refractivity contribution in [3.63, 3.8) is 0 Å². The highest BCUT2D eigenvalue weighted by Crippen LogP contribution is 2.38. The van der Waals surface area contributed by atoms with Gasteiger partial charge in [0.1, 0.15) is 17.5 Å². The molecule has 3 heterocycles. The third-order valence-corrected chi connectivity index (χ3v) is 5.92. The molecule has 0 saturated carbocycles. The molecule has 2 aromatic rings. The molecule has 1 amide bonds. The summed E-state index contributed by atoms with van der Waals surface area (Å²) in [6.07, 6.45) is 3.30. The summed E-state index contributed by atoms with van der Waals surface area (Å²) in [5.41, 5.74) is 3.69. The topological polar surface area (TPSA) is 97.2 Å². The first-order valence-electron chi connectivity index (χ1n) is 10.6. The van der Waals surface area contributed by atoms with Gasteiger partial charge >= 0.3 is 0 Å². The molecule has 1 aromatic heterocycles. The Bertz CT molecular complexity index is 1060. The molecule has 2 aliphatic heterocycles. The number of likely N-dealkylation sites (tertiary alicyclic amines) is 1. The van der Waals surface area contributed by atoms with Crippen molar-refractivity contribution >= 4 is 28.8 Å². The number of nitriles is 1. The Hall–Kier alpha value is -3.44. The molecule has 4 rings (SSSR count). The second kappa shape index (κ2) is 8.74. The minimum absolute atomic E-state index is 0.0417. The Morgan fingerprint density at radius 2 is 2.06 bits per heavy atom. The van der Waals surface area contributed by atoms with Crippen molar-refractivity contribution in [3.8, 4) is 6.07 Å². The number of carbonyl (C=O) groups is 1. The van der Waals surface area contributed by atoms with Gasteiger partial charge in [0.15, 0.2) is 0 Å². The lowest BCUT2D eigenvalue weighted by Crippen LogP contribution is -2.36. The second-order valence-electron chi connectivity index (χ2n) is 8.01. The molecular weight excluding hydrogens is 390 g/mol. The van der Waals surface area contributed by atoms with E-state index in [1.807, 2.05) is 38.1 Å².